The minimum Gasteiger partial charge on any atom is -0.493 e. The highest BCUT2D eigenvalue weighted by Gasteiger charge is 2.46. The Hall–Kier alpha value is -3.41. The van der Waals surface area contributed by atoms with E-state index < -0.39 is 21.6 Å². The van der Waals surface area contributed by atoms with Crippen molar-refractivity contribution in [2.75, 3.05) is 11.3 Å². The highest BCUT2D eigenvalue weighted by molar-refractivity contribution is 7.93. The second-order valence-electron chi connectivity index (χ2n) is 9.00. The number of halogens is 3. The van der Waals surface area contributed by atoms with Gasteiger partial charge in [-0.2, -0.15) is 21.6 Å². The molecule has 0 spiro atoms. The molecule has 3 aromatic carbocycles. The fourth-order valence-electron chi connectivity index (χ4n) is 4.45. The molecule has 0 amide bonds. The molecule has 0 bridgehead atoms. The summed E-state index contributed by atoms with van der Waals surface area (Å²) in [5, 5.41) is 14.1. The van der Waals surface area contributed by atoms with Crippen LogP contribution in [0, 0.1) is 5.92 Å². The van der Waals surface area contributed by atoms with Crippen molar-refractivity contribution in [2.24, 2.45) is 5.92 Å². The number of aromatic nitrogens is 1. The lowest BCUT2D eigenvalue weighted by molar-refractivity contribution is -0.0429. The fraction of sp³-hybridized carbons (Fsp3) is 0.222. The van der Waals surface area contributed by atoms with Gasteiger partial charge in [0, 0.05) is 33.9 Å². The van der Waals surface area contributed by atoms with Gasteiger partial charge in [0.15, 0.2) is 0 Å². The van der Waals surface area contributed by atoms with E-state index in [1.54, 1.807) is 29.0 Å². The Morgan fingerprint density at radius 3 is 2.50 bits per heavy atom. The van der Waals surface area contributed by atoms with Crippen LogP contribution in [0.2, 0.25) is 0 Å². The van der Waals surface area contributed by atoms with Crippen LogP contribution < -0.4 is 9.46 Å². The number of alkyl halides is 3. The Labute approximate surface area is 221 Å². The molecule has 0 unspecified atom stereocenters. The molecule has 2 heterocycles. The summed E-state index contributed by atoms with van der Waals surface area (Å²) in [5.74, 6) is 0.00387. The molecule has 0 radical (unpaired) electrons. The number of thiazole rings is 1. The number of benzene rings is 3. The molecular weight excluding hydrogens is 537 g/mol. The highest BCUT2D eigenvalue weighted by atomic mass is 32.2. The van der Waals surface area contributed by atoms with Gasteiger partial charge in [-0.15, -0.1) is 11.3 Å². The van der Waals surface area contributed by atoms with Crippen LogP contribution in [-0.2, 0) is 10.0 Å². The number of fused-ring (bicyclic) bond motifs is 1. The molecule has 3 atom stereocenters. The van der Waals surface area contributed by atoms with Gasteiger partial charge in [-0.05, 0) is 17.7 Å². The quantitative estimate of drug-likeness (QED) is 0.278. The smallest absolute Gasteiger partial charge is 0.493 e. The summed E-state index contributed by atoms with van der Waals surface area (Å²) in [6.07, 6.45) is -0.858. The number of anilines is 1. The number of aliphatic hydroxyl groups excluding tert-OH is 1. The van der Waals surface area contributed by atoms with Gasteiger partial charge >= 0.3 is 15.5 Å². The SMILES string of the molecule is C[C@@H](c1csc(-c2ccccc2)n1)[C@@H]1COc2cc(-c3ccccc3NS(=O)(=O)C(F)(F)F)ccc2[C@@H]1O. The Kier molecular flexibility index (Phi) is 6.93. The van der Waals surface area contributed by atoms with E-state index in [1.165, 1.54) is 29.5 Å². The summed E-state index contributed by atoms with van der Waals surface area (Å²) in [6, 6.07) is 20.5. The number of sulfonamides is 1. The Bertz CT molecular complexity index is 1560. The van der Waals surface area contributed by atoms with Crippen LogP contribution in [0.3, 0.4) is 0 Å². The number of ether oxygens (including phenoxy) is 1. The van der Waals surface area contributed by atoms with Crippen molar-refractivity contribution in [3.05, 3.63) is 89.4 Å². The van der Waals surface area contributed by atoms with Gasteiger partial charge in [0.1, 0.15) is 10.8 Å². The van der Waals surface area contributed by atoms with E-state index in [0.717, 1.165) is 16.3 Å². The molecule has 38 heavy (non-hydrogen) atoms. The Balaban J connectivity index is 1.39. The third kappa shape index (κ3) is 5.01. The minimum absolute atomic E-state index is 0.107. The van der Waals surface area contributed by atoms with E-state index in [1.807, 2.05) is 42.6 Å². The molecule has 0 fully saturated rings. The third-order valence-electron chi connectivity index (χ3n) is 6.61. The van der Waals surface area contributed by atoms with Crippen LogP contribution in [0.1, 0.15) is 30.2 Å². The van der Waals surface area contributed by atoms with Crippen molar-refractivity contribution in [1.29, 1.82) is 0 Å². The molecule has 6 nitrogen and oxygen atoms in total. The number of rotatable bonds is 6. The number of hydrogen-bond acceptors (Lipinski definition) is 6. The summed E-state index contributed by atoms with van der Waals surface area (Å²) < 4.78 is 69.8. The van der Waals surface area contributed by atoms with Crippen LogP contribution in [0.4, 0.5) is 18.9 Å². The first-order valence-electron chi connectivity index (χ1n) is 11.7. The second kappa shape index (κ2) is 10.0. The molecule has 1 aliphatic rings. The molecule has 11 heteroatoms. The molecule has 5 rings (SSSR count). The average Bonchev–Trinajstić information content (AvgIpc) is 3.39. The van der Waals surface area contributed by atoms with Crippen LogP contribution in [0.25, 0.3) is 21.7 Å². The summed E-state index contributed by atoms with van der Waals surface area (Å²) in [4.78, 5) is 4.77. The zero-order valence-electron chi connectivity index (χ0n) is 20.0. The van der Waals surface area contributed by atoms with Crippen molar-refractivity contribution in [1.82, 2.24) is 4.98 Å². The Morgan fingerprint density at radius 2 is 1.76 bits per heavy atom. The maximum Gasteiger partial charge on any atom is 0.516 e. The topological polar surface area (TPSA) is 88.5 Å². The van der Waals surface area contributed by atoms with E-state index >= 15 is 0 Å². The first-order chi connectivity index (χ1) is 18.0. The van der Waals surface area contributed by atoms with Crippen LogP contribution in [0.15, 0.2) is 78.2 Å². The minimum atomic E-state index is -5.59. The molecule has 0 saturated carbocycles. The highest BCUT2D eigenvalue weighted by Crippen LogP contribution is 2.44. The third-order valence-corrected chi connectivity index (χ3v) is 8.62. The van der Waals surface area contributed by atoms with E-state index in [-0.39, 0.29) is 29.7 Å². The Morgan fingerprint density at radius 1 is 1.05 bits per heavy atom. The van der Waals surface area contributed by atoms with Crippen LogP contribution in [0.5, 0.6) is 5.75 Å². The lowest BCUT2D eigenvalue weighted by Crippen LogP contribution is -2.30. The van der Waals surface area contributed by atoms with Gasteiger partial charge in [0.05, 0.1) is 24.1 Å². The van der Waals surface area contributed by atoms with E-state index in [2.05, 4.69) is 0 Å². The lowest BCUT2D eigenvalue weighted by Gasteiger charge is -2.34. The van der Waals surface area contributed by atoms with E-state index in [0.29, 0.717) is 16.9 Å². The van der Waals surface area contributed by atoms with Gasteiger partial charge in [0.2, 0.25) is 0 Å². The van der Waals surface area contributed by atoms with Crippen molar-refractivity contribution < 1.29 is 31.4 Å². The van der Waals surface area contributed by atoms with Gasteiger partial charge in [-0.1, -0.05) is 67.6 Å². The largest absolute Gasteiger partial charge is 0.516 e. The normalized spacial score (nSPS) is 18.3. The summed E-state index contributed by atoms with van der Waals surface area (Å²) in [5.41, 5.74) is -2.56. The van der Waals surface area contributed by atoms with Gasteiger partial charge in [-0.25, -0.2) is 4.98 Å². The van der Waals surface area contributed by atoms with Gasteiger partial charge in [0.25, 0.3) is 0 Å². The molecule has 1 aromatic heterocycles. The maximum absolute atomic E-state index is 12.9. The number of nitrogens with one attached hydrogen (secondary N) is 1. The molecule has 0 aliphatic carbocycles. The number of aliphatic hydroxyl groups is 1. The molecule has 2 N–H and O–H groups in total. The zero-order chi connectivity index (χ0) is 27.1. The number of hydrogen-bond donors (Lipinski definition) is 2. The predicted octanol–water partition coefficient (Wildman–Crippen LogP) is 6.58. The lowest BCUT2D eigenvalue weighted by atomic mass is 9.82. The van der Waals surface area contributed by atoms with Gasteiger partial charge < -0.3 is 9.84 Å². The molecular formula is C27H23F3N2O4S2. The van der Waals surface area contributed by atoms with Crippen molar-refractivity contribution >= 4 is 27.0 Å². The number of nitrogens with zero attached hydrogens (tertiary/aromatic N) is 1. The standard InChI is InChI=1S/C27H23F3N2O4S2/c1-16(23-15-37-26(31-23)17-7-3-2-4-8-17)21-14-36-24-13-18(11-12-20(24)25(21)33)19-9-5-6-10-22(19)32-38(34,35)27(28,29)30/h2-13,15-16,21,25,32-33H,14H2,1H3/t16-,21+,25+/m1/s1. The monoisotopic (exact) mass is 560 g/mol. The summed E-state index contributed by atoms with van der Waals surface area (Å²) >= 11 is 1.54. The molecule has 0 saturated heterocycles. The van der Waals surface area contributed by atoms with Crippen LogP contribution >= 0.6 is 11.3 Å². The van der Waals surface area contributed by atoms with Crippen LogP contribution in [-0.4, -0.2) is 30.6 Å². The first kappa shape index (κ1) is 26.2. The van der Waals surface area contributed by atoms with Crippen molar-refractivity contribution in [2.45, 2.75) is 24.5 Å². The second-order valence-corrected chi connectivity index (χ2v) is 11.5. The van der Waals surface area contributed by atoms with E-state index in [9.17, 15) is 26.7 Å². The fourth-order valence-corrected chi connectivity index (χ4v) is 5.96. The van der Waals surface area contributed by atoms with Crippen molar-refractivity contribution in [3.8, 4) is 27.4 Å². The number of para-hydroxylation sites is 1. The first-order valence-corrected chi connectivity index (χ1v) is 14.1. The molecule has 4 aromatic rings. The van der Waals surface area contributed by atoms with Crippen molar-refractivity contribution in [3.63, 3.8) is 0 Å². The summed E-state index contributed by atoms with van der Waals surface area (Å²) in [7, 11) is -5.59. The van der Waals surface area contributed by atoms with Gasteiger partial charge in [-0.3, -0.25) is 4.72 Å². The zero-order valence-corrected chi connectivity index (χ0v) is 21.6. The van der Waals surface area contributed by atoms with E-state index in [4.69, 9.17) is 9.72 Å². The molecule has 198 valence electrons. The average molecular weight is 561 g/mol. The summed E-state index contributed by atoms with van der Waals surface area (Å²) in [6.45, 7) is 2.20. The predicted molar refractivity (Wildman–Crippen MR) is 140 cm³/mol. The maximum atomic E-state index is 12.9. The molecule has 1 aliphatic heterocycles.